The van der Waals surface area contributed by atoms with Crippen LogP contribution in [0.3, 0.4) is 0 Å². The fourth-order valence-corrected chi connectivity index (χ4v) is 5.70. The van der Waals surface area contributed by atoms with Crippen molar-refractivity contribution in [2.45, 2.75) is 52.6 Å². The number of aromatic nitrogens is 2. The fourth-order valence-electron chi connectivity index (χ4n) is 4.55. The number of anilines is 1. The Balaban J connectivity index is 1.59. The van der Waals surface area contributed by atoms with Gasteiger partial charge in [0.2, 0.25) is 0 Å². The summed E-state index contributed by atoms with van der Waals surface area (Å²) in [6.45, 7) is 5.43. The number of nitrogens with one attached hydrogen (secondary N) is 1. The maximum Gasteiger partial charge on any atom is 0.416 e. The molecule has 0 fully saturated rings. The highest BCUT2D eigenvalue weighted by Gasteiger charge is 2.40. The Kier molecular flexibility index (Phi) is 9.69. The van der Waals surface area contributed by atoms with Crippen LogP contribution in [-0.4, -0.2) is 31.5 Å². The van der Waals surface area contributed by atoms with E-state index in [4.69, 9.17) is 23.2 Å². The van der Waals surface area contributed by atoms with E-state index in [1.165, 1.54) is 34.4 Å². The number of alkyl halides is 3. The number of benzene rings is 2. The molecule has 2 aromatic heterocycles. The molecule has 0 aliphatic carbocycles. The van der Waals surface area contributed by atoms with Crippen LogP contribution in [0.15, 0.2) is 72.5 Å². The number of thiocarbonyl (C=S) groups is 1. The minimum atomic E-state index is -4.58. The van der Waals surface area contributed by atoms with E-state index < -0.39 is 23.3 Å². The average molecular weight is 625 g/mol. The first-order chi connectivity index (χ1) is 20.3. The highest BCUT2D eigenvalue weighted by molar-refractivity contribution is 7.80. The van der Waals surface area contributed by atoms with Crippen molar-refractivity contribution in [1.29, 1.82) is 5.26 Å². The predicted molar refractivity (Wildman–Crippen MR) is 165 cm³/mol. The molecular formula is C31H31F3N6OS2. The molecule has 0 saturated carbocycles. The van der Waals surface area contributed by atoms with Crippen molar-refractivity contribution in [3.63, 3.8) is 0 Å². The molecule has 0 amide bonds. The Morgan fingerprint density at radius 3 is 2.53 bits per heavy atom. The van der Waals surface area contributed by atoms with Gasteiger partial charge >= 0.3 is 6.18 Å². The quantitative estimate of drug-likeness (QED) is 0.153. The second-order valence-corrected chi connectivity index (χ2v) is 12.1. The third kappa shape index (κ3) is 7.67. The molecule has 0 bridgehead atoms. The van der Waals surface area contributed by atoms with E-state index in [2.05, 4.69) is 16.4 Å². The molecule has 12 heteroatoms. The number of imidazole rings is 1. The molecule has 0 radical (unpaired) electrons. The summed E-state index contributed by atoms with van der Waals surface area (Å²) in [5.74, 6) is -0.231. The summed E-state index contributed by atoms with van der Waals surface area (Å²) < 4.78 is 43.5. The van der Waals surface area contributed by atoms with Gasteiger partial charge in [-0.15, -0.1) is 11.3 Å². The lowest BCUT2D eigenvalue weighted by Gasteiger charge is -2.40. The van der Waals surface area contributed by atoms with Crippen LogP contribution in [-0.2, 0) is 30.5 Å². The summed E-state index contributed by atoms with van der Waals surface area (Å²) in [6.07, 6.45) is -2.43. The molecule has 224 valence electrons. The number of hydrogen-bond donors (Lipinski definition) is 2. The highest BCUT2D eigenvalue weighted by atomic mass is 32.1. The molecule has 2 aromatic carbocycles. The van der Waals surface area contributed by atoms with Crippen LogP contribution in [0.2, 0.25) is 0 Å². The summed E-state index contributed by atoms with van der Waals surface area (Å²) in [7, 11) is 0. The number of carbonyl (C=O) groups excluding carboxylic acids is 1. The molecule has 3 N–H and O–H groups in total. The van der Waals surface area contributed by atoms with Crippen LogP contribution in [0.5, 0.6) is 0 Å². The fraction of sp³-hybridized carbons (Fsp3) is 0.290. The van der Waals surface area contributed by atoms with Crippen LogP contribution in [0.25, 0.3) is 0 Å². The first kappa shape index (κ1) is 31.9. The Morgan fingerprint density at radius 2 is 1.91 bits per heavy atom. The summed E-state index contributed by atoms with van der Waals surface area (Å²) in [4.78, 5) is 19.5. The van der Waals surface area contributed by atoms with Gasteiger partial charge in [0.15, 0.2) is 5.11 Å². The lowest BCUT2D eigenvalue weighted by Crippen LogP contribution is -2.57. The van der Waals surface area contributed by atoms with E-state index in [0.29, 0.717) is 22.8 Å². The number of hydrogen-bond acceptors (Lipinski definition) is 6. The van der Waals surface area contributed by atoms with Crippen LogP contribution in [0, 0.1) is 23.7 Å². The van der Waals surface area contributed by atoms with Crippen LogP contribution >= 0.6 is 23.6 Å². The minimum Gasteiger partial charge on any atom is -0.330 e. The molecule has 0 saturated heterocycles. The monoisotopic (exact) mass is 624 g/mol. The Bertz CT molecular complexity index is 1640. The summed E-state index contributed by atoms with van der Waals surface area (Å²) in [5.41, 5.74) is 7.82. The van der Waals surface area contributed by atoms with Gasteiger partial charge in [-0.2, -0.15) is 18.4 Å². The number of halogens is 3. The van der Waals surface area contributed by atoms with E-state index in [9.17, 15) is 18.0 Å². The third-order valence-electron chi connectivity index (χ3n) is 7.26. The van der Waals surface area contributed by atoms with Crippen LogP contribution in [0.4, 0.5) is 18.2 Å². The molecule has 4 rings (SSSR count). The second kappa shape index (κ2) is 13.1. The van der Waals surface area contributed by atoms with Crippen LogP contribution in [0.1, 0.15) is 47.4 Å². The maximum absolute atomic E-state index is 13.9. The Hall–Kier alpha value is -4.05. The standard InChI is InChI=1S/C31H31F3N6OS2/c1-20-12-27(43-18-20)38-29(42)40(17-23-6-4-5-7-25(23)31(32,33)34)28(36)30(2,3)26(41)13-24-15-37-19-39(24)16-22-10-8-21(14-35)9-11-22/h4-12,15,18-19,28H,13,16-17,36H2,1-3H3,(H,38,42). The largest absolute Gasteiger partial charge is 0.416 e. The zero-order valence-corrected chi connectivity index (χ0v) is 25.5. The van der Waals surface area contributed by atoms with Crippen molar-refractivity contribution < 1.29 is 18.0 Å². The third-order valence-corrected chi connectivity index (χ3v) is 8.56. The van der Waals surface area contributed by atoms with E-state index in [0.717, 1.165) is 17.2 Å². The molecule has 1 unspecified atom stereocenters. The van der Waals surface area contributed by atoms with Gasteiger partial charge in [0.25, 0.3) is 0 Å². The Morgan fingerprint density at radius 1 is 1.21 bits per heavy atom. The zero-order valence-electron chi connectivity index (χ0n) is 23.9. The van der Waals surface area contributed by atoms with Gasteiger partial charge < -0.3 is 20.5 Å². The minimum absolute atomic E-state index is 0.00569. The first-order valence-corrected chi connectivity index (χ1v) is 14.6. The number of nitrogens with two attached hydrogens (primary N) is 1. The molecule has 0 aliphatic heterocycles. The lowest BCUT2D eigenvalue weighted by molar-refractivity contribution is -0.138. The number of nitrogens with zero attached hydrogens (tertiary/aromatic N) is 4. The van der Waals surface area contributed by atoms with E-state index >= 15 is 0 Å². The summed E-state index contributed by atoms with van der Waals surface area (Å²) >= 11 is 7.08. The number of ketones is 1. The number of aryl methyl sites for hydroxylation is 1. The SMILES string of the molecule is Cc1csc(NC(=S)N(Cc2ccccc2C(F)(F)F)C(N)C(C)(C)C(=O)Cc2cncn2Cc2ccc(C#N)cc2)c1. The smallest absolute Gasteiger partial charge is 0.330 e. The molecule has 2 heterocycles. The van der Waals surface area contributed by atoms with Gasteiger partial charge in [-0.1, -0.05) is 30.3 Å². The molecule has 1 atom stereocenters. The maximum atomic E-state index is 13.9. The predicted octanol–water partition coefficient (Wildman–Crippen LogP) is 6.51. The number of Topliss-reactive ketones (excluding diaryl/α,β-unsaturated/α-hetero) is 1. The van der Waals surface area contributed by atoms with Crippen LogP contribution < -0.4 is 11.1 Å². The van der Waals surface area contributed by atoms with Gasteiger partial charge in [0, 0.05) is 31.4 Å². The second-order valence-electron chi connectivity index (χ2n) is 10.8. The first-order valence-electron chi connectivity index (χ1n) is 13.3. The van der Waals surface area contributed by atoms with Crippen molar-refractivity contribution >= 4 is 39.5 Å². The average Bonchev–Trinajstić information content (AvgIpc) is 3.58. The van der Waals surface area contributed by atoms with Gasteiger partial charge in [0.05, 0.1) is 40.1 Å². The number of thiophene rings is 1. The summed E-state index contributed by atoms with van der Waals surface area (Å²) in [6, 6.07) is 16.3. The zero-order chi connectivity index (χ0) is 31.4. The van der Waals surface area contributed by atoms with E-state index in [-0.39, 0.29) is 29.4 Å². The van der Waals surface area contributed by atoms with Gasteiger partial charge in [0.1, 0.15) is 5.78 Å². The molecule has 43 heavy (non-hydrogen) atoms. The number of nitriles is 1. The van der Waals surface area contributed by atoms with Crippen molar-refractivity contribution in [3.8, 4) is 6.07 Å². The molecule has 7 nitrogen and oxygen atoms in total. The van der Waals surface area contributed by atoms with Gasteiger partial charge in [-0.05, 0) is 79.3 Å². The van der Waals surface area contributed by atoms with E-state index in [1.54, 1.807) is 38.5 Å². The lowest BCUT2D eigenvalue weighted by atomic mass is 9.82. The normalized spacial score (nSPS) is 12.4. The Labute approximate surface area is 257 Å². The molecule has 0 aliphatic rings. The van der Waals surface area contributed by atoms with Crippen molar-refractivity contribution in [2.75, 3.05) is 5.32 Å². The van der Waals surface area contributed by atoms with E-state index in [1.807, 2.05) is 35.1 Å². The molecular weight excluding hydrogens is 594 g/mol. The highest BCUT2D eigenvalue weighted by Crippen LogP contribution is 2.34. The van der Waals surface area contributed by atoms with Gasteiger partial charge in [-0.3, -0.25) is 4.79 Å². The number of rotatable bonds is 10. The van der Waals surface area contributed by atoms with Crippen molar-refractivity contribution in [1.82, 2.24) is 14.5 Å². The van der Waals surface area contributed by atoms with Gasteiger partial charge in [-0.25, -0.2) is 4.98 Å². The van der Waals surface area contributed by atoms with Crippen molar-refractivity contribution in [2.24, 2.45) is 11.1 Å². The number of carbonyl (C=O) groups is 1. The summed E-state index contributed by atoms with van der Waals surface area (Å²) in [5, 5.41) is 14.9. The molecule has 0 spiro atoms. The molecule has 4 aromatic rings. The van der Waals surface area contributed by atoms with Crippen molar-refractivity contribution in [3.05, 3.63) is 106 Å². The topological polar surface area (TPSA) is 100.0 Å².